The van der Waals surface area contributed by atoms with Gasteiger partial charge in [-0.2, -0.15) is 0 Å². The van der Waals surface area contributed by atoms with Gasteiger partial charge in [0, 0.05) is 6.42 Å². The van der Waals surface area contributed by atoms with Gasteiger partial charge in [0.05, 0.1) is 7.11 Å². The van der Waals surface area contributed by atoms with Crippen molar-refractivity contribution < 1.29 is 13.9 Å². The molecule has 3 N–H and O–H groups in total. The van der Waals surface area contributed by atoms with Crippen LogP contribution in [-0.2, 0) is 16.8 Å². The van der Waals surface area contributed by atoms with Crippen molar-refractivity contribution >= 4 is 11.9 Å². The number of methoxy groups -OCH3 is 1. The summed E-state index contributed by atoms with van der Waals surface area (Å²) in [6, 6.07) is 13.2. The van der Waals surface area contributed by atoms with Gasteiger partial charge >= 0.3 is 0 Å². The van der Waals surface area contributed by atoms with Crippen molar-refractivity contribution in [1.82, 2.24) is 5.32 Å². The molecule has 5 nitrogen and oxygen atoms in total. The van der Waals surface area contributed by atoms with Gasteiger partial charge in [-0.1, -0.05) is 24.3 Å². The molecule has 3 rings (SSSR count). The van der Waals surface area contributed by atoms with Gasteiger partial charge in [-0.3, -0.25) is 10.1 Å². The SMILES string of the molecule is COc1cccc(C2(Cc3cccc(F)c3)N=C(N)NC2=O)c1. The van der Waals surface area contributed by atoms with E-state index in [9.17, 15) is 9.18 Å². The van der Waals surface area contributed by atoms with Crippen molar-refractivity contribution in [3.8, 4) is 5.75 Å². The number of hydrogen-bond donors (Lipinski definition) is 2. The zero-order chi connectivity index (χ0) is 16.4. The molecule has 1 aliphatic rings. The van der Waals surface area contributed by atoms with Gasteiger partial charge in [0.2, 0.25) is 0 Å². The number of nitrogens with zero attached hydrogens (tertiary/aromatic N) is 1. The third-order valence-corrected chi connectivity index (χ3v) is 3.82. The van der Waals surface area contributed by atoms with Crippen LogP contribution in [0, 0.1) is 5.82 Å². The van der Waals surface area contributed by atoms with Crippen molar-refractivity contribution in [2.75, 3.05) is 7.11 Å². The summed E-state index contributed by atoms with van der Waals surface area (Å²) in [6.45, 7) is 0. The number of carbonyl (C=O) groups excluding carboxylic acids is 1. The zero-order valence-corrected chi connectivity index (χ0v) is 12.5. The Balaban J connectivity index is 2.10. The number of nitrogens with one attached hydrogen (secondary N) is 1. The van der Waals surface area contributed by atoms with Gasteiger partial charge in [0.1, 0.15) is 11.6 Å². The van der Waals surface area contributed by atoms with Crippen LogP contribution >= 0.6 is 0 Å². The molecule has 0 radical (unpaired) electrons. The summed E-state index contributed by atoms with van der Waals surface area (Å²) in [7, 11) is 1.55. The minimum absolute atomic E-state index is 0.0502. The van der Waals surface area contributed by atoms with E-state index in [0.29, 0.717) is 16.9 Å². The number of carbonyl (C=O) groups is 1. The fourth-order valence-corrected chi connectivity index (χ4v) is 2.74. The van der Waals surface area contributed by atoms with E-state index in [1.807, 2.05) is 0 Å². The first-order valence-corrected chi connectivity index (χ1v) is 7.09. The molecule has 0 aromatic heterocycles. The van der Waals surface area contributed by atoms with Crippen molar-refractivity contribution in [1.29, 1.82) is 0 Å². The first kappa shape index (κ1) is 15.0. The third kappa shape index (κ3) is 2.75. The lowest BCUT2D eigenvalue weighted by Crippen LogP contribution is -2.40. The quantitative estimate of drug-likeness (QED) is 0.902. The largest absolute Gasteiger partial charge is 0.497 e. The minimum Gasteiger partial charge on any atom is -0.497 e. The summed E-state index contributed by atoms with van der Waals surface area (Å²) >= 11 is 0. The molecule has 2 aromatic carbocycles. The zero-order valence-electron chi connectivity index (χ0n) is 12.5. The molecule has 2 aromatic rings. The number of rotatable bonds is 4. The fraction of sp³-hybridized carbons (Fsp3) is 0.176. The fourth-order valence-electron chi connectivity index (χ4n) is 2.74. The highest BCUT2D eigenvalue weighted by molar-refractivity contribution is 6.07. The van der Waals surface area contributed by atoms with Crippen molar-refractivity contribution in [2.45, 2.75) is 12.0 Å². The number of guanidine groups is 1. The van der Waals surface area contributed by atoms with Crippen LogP contribution in [0.1, 0.15) is 11.1 Å². The number of amides is 1. The monoisotopic (exact) mass is 313 g/mol. The first-order chi connectivity index (χ1) is 11.0. The Morgan fingerprint density at radius 1 is 1.26 bits per heavy atom. The van der Waals surface area contributed by atoms with Crippen LogP contribution in [0.4, 0.5) is 4.39 Å². The van der Waals surface area contributed by atoms with E-state index in [1.54, 1.807) is 43.5 Å². The van der Waals surface area contributed by atoms with Gasteiger partial charge < -0.3 is 10.5 Å². The number of aliphatic imine (C=N–C) groups is 1. The molecular formula is C17H16FN3O2. The topological polar surface area (TPSA) is 76.7 Å². The maximum atomic E-state index is 13.5. The molecule has 1 atom stereocenters. The Labute approximate surface area is 133 Å². The molecule has 0 saturated carbocycles. The standard InChI is InChI=1S/C17H16FN3O2/c1-23-14-7-3-5-12(9-14)17(15(22)20-16(19)21-17)10-11-4-2-6-13(18)8-11/h2-9H,10H2,1H3,(H3,19,20,21,22). The van der Waals surface area contributed by atoms with E-state index in [1.165, 1.54) is 12.1 Å². The Bertz CT molecular complexity index is 791. The van der Waals surface area contributed by atoms with Crippen LogP contribution in [0.25, 0.3) is 0 Å². The summed E-state index contributed by atoms with van der Waals surface area (Å²) in [5, 5.41) is 2.53. The second-order valence-corrected chi connectivity index (χ2v) is 5.35. The molecule has 1 unspecified atom stereocenters. The highest BCUT2D eigenvalue weighted by Crippen LogP contribution is 2.35. The second-order valence-electron chi connectivity index (χ2n) is 5.35. The predicted molar refractivity (Wildman–Crippen MR) is 84.5 cm³/mol. The maximum absolute atomic E-state index is 13.5. The molecule has 1 amide bonds. The maximum Gasteiger partial charge on any atom is 0.259 e. The normalized spacial score (nSPS) is 20.1. The Kier molecular flexibility index (Phi) is 3.73. The van der Waals surface area contributed by atoms with E-state index < -0.39 is 5.54 Å². The lowest BCUT2D eigenvalue weighted by Gasteiger charge is -2.24. The molecule has 6 heteroatoms. The molecule has 0 fully saturated rings. The van der Waals surface area contributed by atoms with E-state index in [2.05, 4.69) is 10.3 Å². The van der Waals surface area contributed by atoms with E-state index in [4.69, 9.17) is 10.5 Å². The summed E-state index contributed by atoms with van der Waals surface area (Å²) in [5.74, 6) is -0.0463. The number of halogens is 1. The van der Waals surface area contributed by atoms with E-state index in [0.717, 1.165) is 0 Å². The van der Waals surface area contributed by atoms with Gasteiger partial charge in [-0.25, -0.2) is 9.38 Å². The molecule has 0 saturated heterocycles. The third-order valence-electron chi connectivity index (χ3n) is 3.82. The lowest BCUT2D eigenvalue weighted by atomic mass is 9.84. The first-order valence-electron chi connectivity index (χ1n) is 7.09. The lowest BCUT2D eigenvalue weighted by molar-refractivity contribution is -0.124. The van der Waals surface area contributed by atoms with E-state index >= 15 is 0 Å². The van der Waals surface area contributed by atoms with Crippen molar-refractivity contribution in [3.63, 3.8) is 0 Å². The summed E-state index contributed by atoms with van der Waals surface area (Å²) in [6.07, 6.45) is 0.199. The minimum atomic E-state index is -1.23. The number of nitrogens with two attached hydrogens (primary N) is 1. The number of hydrogen-bond acceptors (Lipinski definition) is 4. The summed E-state index contributed by atoms with van der Waals surface area (Å²) in [5.41, 5.74) is 5.77. The van der Waals surface area contributed by atoms with Gasteiger partial charge in [0.25, 0.3) is 5.91 Å². The van der Waals surface area contributed by atoms with Crippen LogP contribution in [0.5, 0.6) is 5.75 Å². The van der Waals surface area contributed by atoms with Crippen molar-refractivity contribution in [2.24, 2.45) is 10.7 Å². The van der Waals surface area contributed by atoms with Crippen LogP contribution in [0.15, 0.2) is 53.5 Å². The van der Waals surface area contributed by atoms with Crippen LogP contribution < -0.4 is 15.8 Å². The van der Waals surface area contributed by atoms with Crippen LogP contribution in [-0.4, -0.2) is 19.0 Å². The highest BCUT2D eigenvalue weighted by atomic mass is 19.1. The second kappa shape index (κ2) is 5.72. The Morgan fingerprint density at radius 2 is 2.04 bits per heavy atom. The average Bonchev–Trinajstić information content (AvgIpc) is 2.82. The molecular weight excluding hydrogens is 297 g/mol. The summed E-state index contributed by atoms with van der Waals surface area (Å²) in [4.78, 5) is 16.9. The smallest absolute Gasteiger partial charge is 0.259 e. The number of ether oxygens (including phenoxy) is 1. The van der Waals surface area contributed by atoms with Gasteiger partial charge in [-0.05, 0) is 35.4 Å². The van der Waals surface area contributed by atoms with Gasteiger partial charge in [-0.15, -0.1) is 0 Å². The molecule has 0 aliphatic carbocycles. The van der Waals surface area contributed by atoms with Crippen LogP contribution in [0.3, 0.4) is 0 Å². The van der Waals surface area contributed by atoms with Gasteiger partial charge in [0.15, 0.2) is 11.5 Å². The van der Waals surface area contributed by atoms with Crippen LogP contribution in [0.2, 0.25) is 0 Å². The average molecular weight is 313 g/mol. The molecule has 1 heterocycles. The number of benzene rings is 2. The molecule has 118 valence electrons. The molecule has 0 spiro atoms. The van der Waals surface area contributed by atoms with Crippen molar-refractivity contribution in [3.05, 3.63) is 65.5 Å². The predicted octanol–water partition coefficient (Wildman–Crippen LogP) is 1.72. The molecule has 23 heavy (non-hydrogen) atoms. The molecule has 1 aliphatic heterocycles. The molecule has 0 bridgehead atoms. The van der Waals surface area contributed by atoms with E-state index in [-0.39, 0.29) is 24.1 Å². The Hall–Kier alpha value is -2.89. The Morgan fingerprint density at radius 3 is 2.70 bits per heavy atom. The highest BCUT2D eigenvalue weighted by Gasteiger charge is 2.45. The summed E-state index contributed by atoms with van der Waals surface area (Å²) < 4.78 is 18.7.